The van der Waals surface area contributed by atoms with Crippen LogP contribution >= 0.6 is 0 Å². The molecule has 3 heterocycles. The van der Waals surface area contributed by atoms with Gasteiger partial charge >= 0.3 is 5.97 Å². The Morgan fingerprint density at radius 2 is 1.31 bits per heavy atom. The van der Waals surface area contributed by atoms with Crippen LogP contribution in [0.1, 0.15) is 162 Å². The van der Waals surface area contributed by atoms with Crippen molar-refractivity contribution in [3.8, 4) is 0 Å². The molecule has 0 aromatic rings. The van der Waals surface area contributed by atoms with E-state index in [2.05, 4.69) is 6.92 Å². The number of rotatable bonds is 24. The maximum absolute atomic E-state index is 11.7. The minimum Gasteiger partial charge on any atom is -0.455 e. The topological polar surface area (TPSA) is 126 Å². The summed E-state index contributed by atoms with van der Waals surface area (Å²) in [6.45, 7) is 4.07. The van der Waals surface area contributed by atoms with Gasteiger partial charge in [0.05, 0.1) is 48.8 Å². The van der Waals surface area contributed by atoms with Crippen molar-refractivity contribution < 1.29 is 39.4 Å². The molecule has 9 atom stereocenters. The summed E-state index contributed by atoms with van der Waals surface area (Å²) in [5.74, 6) is -0.295. The van der Waals surface area contributed by atoms with E-state index in [9.17, 15) is 25.2 Å². The molecule has 3 rings (SSSR count). The third-order valence-corrected chi connectivity index (χ3v) is 10.1. The van der Waals surface area contributed by atoms with E-state index in [1.807, 2.05) is 6.92 Å². The van der Waals surface area contributed by atoms with Gasteiger partial charge in [-0.25, -0.2) is 4.79 Å². The Hall–Kier alpha value is -1.03. The van der Waals surface area contributed by atoms with E-state index >= 15 is 0 Å². The highest BCUT2D eigenvalue weighted by Gasteiger charge is 2.35. The van der Waals surface area contributed by atoms with Gasteiger partial charge in [-0.1, -0.05) is 90.4 Å². The zero-order valence-corrected chi connectivity index (χ0v) is 28.5. The van der Waals surface area contributed by atoms with Gasteiger partial charge in [0.15, 0.2) is 0 Å². The molecular weight excluding hydrogens is 572 g/mol. The zero-order chi connectivity index (χ0) is 32.4. The molecular formula is C37H66O8. The van der Waals surface area contributed by atoms with E-state index in [0.717, 1.165) is 64.2 Å². The highest BCUT2D eigenvalue weighted by atomic mass is 16.5. The summed E-state index contributed by atoms with van der Waals surface area (Å²) in [4.78, 5) is 11.7. The number of aliphatic hydroxyl groups excluding tert-OH is 4. The number of hydrogen-bond acceptors (Lipinski definition) is 8. The first kappa shape index (κ1) is 38.4. The van der Waals surface area contributed by atoms with Crippen LogP contribution in [0.2, 0.25) is 0 Å². The number of esters is 1. The minimum absolute atomic E-state index is 0.164. The minimum atomic E-state index is -0.633. The van der Waals surface area contributed by atoms with Gasteiger partial charge in [0.1, 0.15) is 6.10 Å². The summed E-state index contributed by atoms with van der Waals surface area (Å²) in [5.41, 5.74) is 0.600. The lowest BCUT2D eigenvalue weighted by Crippen LogP contribution is -2.44. The van der Waals surface area contributed by atoms with Crippen LogP contribution in [0.3, 0.4) is 0 Å². The second-order valence-corrected chi connectivity index (χ2v) is 14.2. The van der Waals surface area contributed by atoms with E-state index in [-0.39, 0.29) is 36.5 Å². The first-order valence-electron chi connectivity index (χ1n) is 18.7. The Bertz CT molecular complexity index is 833. The quantitative estimate of drug-likeness (QED) is 0.0670. The van der Waals surface area contributed by atoms with Crippen LogP contribution in [0, 0.1) is 0 Å². The molecule has 0 amide bonds. The molecule has 3 aliphatic rings. The fourth-order valence-corrected chi connectivity index (χ4v) is 7.29. The van der Waals surface area contributed by atoms with Gasteiger partial charge in [-0.15, -0.1) is 0 Å². The van der Waals surface area contributed by atoms with E-state index in [4.69, 9.17) is 14.2 Å². The second-order valence-electron chi connectivity index (χ2n) is 14.2. The Balaban J connectivity index is 1.19. The predicted octanol–water partition coefficient (Wildman–Crippen LogP) is 6.83. The van der Waals surface area contributed by atoms with Crippen molar-refractivity contribution in [2.24, 2.45) is 0 Å². The first-order chi connectivity index (χ1) is 21.8. The maximum atomic E-state index is 11.7. The molecule has 0 aromatic carbocycles. The maximum Gasteiger partial charge on any atom is 0.334 e. The predicted molar refractivity (Wildman–Crippen MR) is 177 cm³/mol. The molecule has 0 saturated carbocycles. The summed E-state index contributed by atoms with van der Waals surface area (Å²) >= 11 is 0. The smallest absolute Gasteiger partial charge is 0.334 e. The first-order valence-corrected chi connectivity index (χ1v) is 18.7. The Labute approximate surface area is 273 Å². The average Bonchev–Trinajstić information content (AvgIpc) is 3.62. The van der Waals surface area contributed by atoms with Crippen molar-refractivity contribution in [3.05, 3.63) is 11.6 Å². The van der Waals surface area contributed by atoms with Crippen LogP contribution in [-0.2, 0) is 19.0 Å². The lowest BCUT2D eigenvalue weighted by Gasteiger charge is -2.36. The molecule has 2 saturated heterocycles. The zero-order valence-electron chi connectivity index (χ0n) is 28.5. The molecule has 0 spiro atoms. The number of hydrogen-bond donors (Lipinski definition) is 4. The van der Waals surface area contributed by atoms with Crippen molar-refractivity contribution in [2.75, 3.05) is 0 Å². The normalized spacial score (nSPS) is 29.0. The van der Waals surface area contributed by atoms with Gasteiger partial charge in [-0.3, -0.25) is 0 Å². The summed E-state index contributed by atoms with van der Waals surface area (Å²) in [7, 11) is 0. The van der Waals surface area contributed by atoms with Crippen LogP contribution in [0.15, 0.2) is 11.6 Å². The van der Waals surface area contributed by atoms with Crippen LogP contribution < -0.4 is 0 Å². The van der Waals surface area contributed by atoms with Crippen LogP contribution in [0.5, 0.6) is 0 Å². The third kappa shape index (κ3) is 14.7. The van der Waals surface area contributed by atoms with E-state index in [1.165, 1.54) is 44.9 Å². The summed E-state index contributed by atoms with van der Waals surface area (Å²) < 4.78 is 17.5. The summed E-state index contributed by atoms with van der Waals surface area (Å²) in [5, 5.41) is 42.4. The fourth-order valence-electron chi connectivity index (χ4n) is 7.29. The Kier molecular flexibility index (Phi) is 18.6. The van der Waals surface area contributed by atoms with Crippen LogP contribution in [0.25, 0.3) is 0 Å². The molecule has 8 heteroatoms. The Morgan fingerprint density at radius 1 is 0.733 bits per heavy atom. The molecule has 0 radical (unpaired) electrons. The van der Waals surface area contributed by atoms with Gasteiger partial charge in [0.25, 0.3) is 0 Å². The van der Waals surface area contributed by atoms with Crippen molar-refractivity contribution >= 4 is 5.97 Å². The van der Waals surface area contributed by atoms with Crippen molar-refractivity contribution in [3.63, 3.8) is 0 Å². The van der Waals surface area contributed by atoms with Gasteiger partial charge < -0.3 is 34.6 Å². The molecule has 45 heavy (non-hydrogen) atoms. The summed E-state index contributed by atoms with van der Waals surface area (Å²) in [6, 6.07) is 0. The molecule has 3 aliphatic heterocycles. The SMILES string of the molecule is CCCCCCCCCC[C@@H]1O[C@H]([C@@H](O)CC[C@H](O)[C@@H]2CC[C@@H](CCCCCCC[C@@H](O)CC3=C[C@H](C)OC3=O)O2)CC[C@H]1O. The van der Waals surface area contributed by atoms with E-state index in [0.29, 0.717) is 44.1 Å². The van der Waals surface area contributed by atoms with Gasteiger partial charge in [-0.05, 0) is 70.8 Å². The molecule has 0 aliphatic carbocycles. The fraction of sp³-hybridized carbons (Fsp3) is 0.919. The lowest BCUT2D eigenvalue weighted by molar-refractivity contribution is -0.156. The number of aliphatic hydroxyl groups is 4. The molecule has 2 fully saturated rings. The lowest BCUT2D eigenvalue weighted by atomic mass is 9.92. The molecule has 262 valence electrons. The monoisotopic (exact) mass is 638 g/mol. The third-order valence-electron chi connectivity index (χ3n) is 10.1. The largest absolute Gasteiger partial charge is 0.455 e. The number of ether oxygens (including phenoxy) is 3. The van der Waals surface area contributed by atoms with Crippen molar-refractivity contribution in [1.29, 1.82) is 0 Å². The van der Waals surface area contributed by atoms with Crippen molar-refractivity contribution in [2.45, 2.75) is 216 Å². The van der Waals surface area contributed by atoms with E-state index in [1.54, 1.807) is 6.08 Å². The summed E-state index contributed by atoms with van der Waals surface area (Å²) in [6.07, 6.45) is 21.4. The van der Waals surface area contributed by atoms with Crippen LogP contribution in [0.4, 0.5) is 0 Å². The molecule has 0 unspecified atom stereocenters. The number of carbonyl (C=O) groups excluding carboxylic acids is 1. The average molecular weight is 639 g/mol. The highest BCUT2D eigenvalue weighted by Crippen LogP contribution is 2.30. The molecule has 8 nitrogen and oxygen atoms in total. The van der Waals surface area contributed by atoms with E-state index < -0.39 is 24.4 Å². The van der Waals surface area contributed by atoms with Gasteiger partial charge in [-0.2, -0.15) is 0 Å². The van der Waals surface area contributed by atoms with Crippen LogP contribution in [-0.4, -0.2) is 81.3 Å². The Morgan fingerprint density at radius 3 is 1.96 bits per heavy atom. The van der Waals surface area contributed by atoms with Gasteiger partial charge in [0, 0.05) is 12.0 Å². The second kappa shape index (κ2) is 21.8. The number of unbranched alkanes of at least 4 members (excludes halogenated alkanes) is 11. The number of carbonyl (C=O) groups is 1. The van der Waals surface area contributed by atoms with Crippen molar-refractivity contribution in [1.82, 2.24) is 0 Å². The number of cyclic esters (lactones) is 1. The molecule has 4 N–H and O–H groups in total. The standard InChI is InChI=1S/C37H66O8/c1-3-4-5-6-7-8-12-15-18-34-33(41)22-24-36(45-34)32(40)21-20-31(39)35-23-19-30(44-35)17-14-11-9-10-13-16-29(38)26-28-25-27(2)43-37(28)42/h25,27,29-36,38-41H,3-24,26H2,1-2H3/t27-,29+,30+,31-,32-,33+,34-,35-,36-/m0/s1. The highest BCUT2D eigenvalue weighted by molar-refractivity contribution is 5.90. The van der Waals surface area contributed by atoms with Gasteiger partial charge in [0.2, 0.25) is 0 Å². The molecule has 0 bridgehead atoms. The molecule has 0 aromatic heterocycles.